The Morgan fingerprint density at radius 1 is 1.00 bits per heavy atom. The van der Waals surface area contributed by atoms with Crippen molar-refractivity contribution in [3.8, 4) is 11.3 Å². The zero-order valence-corrected chi connectivity index (χ0v) is 18.6. The van der Waals surface area contributed by atoms with Crippen molar-refractivity contribution in [1.29, 1.82) is 0 Å². The van der Waals surface area contributed by atoms with Crippen LogP contribution in [-0.2, 0) is 19.1 Å². The predicted octanol–water partition coefficient (Wildman–Crippen LogP) is 4.05. The van der Waals surface area contributed by atoms with E-state index in [9.17, 15) is 9.59 Å². The number of benzene rings is 2. The molecule has 0 spiro atoms. The molecule has 0 aliphatic rings. The number of esters is 2. The third kappa shape index (κ3) is 5.16. The summed E-state index contributed by atoms with van der Waals surface area (Å²) in [6.45, 7) is 0. The predicted molar refractivity (Wildman–Crippen MR) is 124 cm³/mol. The summed E-state index contributed by atoms with van der Waals surface area (Å²) in [4.78, 5) is 29.0. The maximum atomic E-state index is 12.6. The molecule has 0 saturated heterocycles. The van der Waals surface area contributed by atoms with Crippen molar-refractivity contribution in [2.45, 2.75) is 0 Å². The van der Waals surface area contributed by atoms with Gasteiger partial charge in [0.05, 0.1) is 26.0 Å². The van der Waals surface area contributed by atoms with Crippen LogP contribution >= 0.6 is 23.2 Å². The number of rotatable bonds is 6. The number of nitrogen functional groups attached to an aromatic ring is 1. The molecule has 2 N–H and O–H groups in total. The summed E-state index contributed by atoms with van der Waals surface area (Å²) >= 11 is 11.9. The molecule has 0 radical (unpaired) electrons. The Hall–Kier alpha value is -3.62. The number of aromatic nitrogens is 2. The first kappa shape index (κ1) is 23.1. The van der Waals surface area contributed by atoms with Crippen molar-refractivity contribution in [1.82, 2.24) is 9.66 Å². The number of hydrogen-bond donors (Lipinski definition) is 1. The Bertz CT molecular complexity index is 1200. The van der Waals surface area contributed by atoms with Gasteiger partial charge in [-0.25, -0.2) is 14.6 Å². The molecule has 3 rings (SSSR count). The fraction of sp³-hybridized carbons (Fsp3) is 0.0909. The number of anilines is 1. The van der Waals surface area contributed by atoms with Gasteiger partial charge in [0.15, 0.2) is 0 Å². The van der Waals surface area contributed by atoms with Gasteiger partial charge in [0.25, 0.3) is 0 Å². The van der Waals surface area contributed by atoms with Crippen LogP contribution in [-0.4, -0.2) is 42.0 Å². The number of carbonyl (C=O) groups is 2. The SMILES string of the molecule is COC(=O)/C=C(\C(=O)OC)c1c(-c2ccc(Cl)cc2)nc(N)n1/N=C/c1ccc(Cl)cc1. The maximum Gasteiger partial charge on any atom is 0.340 e. The molecule has 32 heavy (non-hydrogen) atoms. The molecule has 3 aromatic rings. The number of nitrogens with zero attached hydrogens (tertiary/aromatic N) is 3. The molecule has 0 bridgehead atoms. The van der Waals surface area contributed by atoms with Crippen molar-refractivity contribution in [3.63, 3.8) is 0 Å². The molecule has 8 nitrogen and oxygen atoms in total. The minimum atomic E-state index is -0.798. The van der Waals surface area contributed by atoms with Gasteiger partial charge in [-0.3, -0.25) is 0 Å². The van der Waals surface area contributed by atoms with Crippen LogP contribution in [0.5, 0.6) is 0 Å². The van der Waals surface area contributed by atoms with E-state index < -0.39 is 11.9 Å². The van der Waals surface area contributed by atoms with Crippen LogP contribution in [0.25, 0.3) is 16.8 Å². The van der Waals surface area contributed by atoms with Crippen LogP contribution in [0.3, 0.4) is 0 Å². The Morgan fingerprint density at radius 2 is 1.59 bits per heavy atom. The molecule has 0 fully saturated rings. The molecule has 1 heterocycles. The summed E-state index contributed by atoms with van der Waals surface area (Å²) in [5.74, 6) is -1.58. The second-order valence-electron chi connectivity index (χ2n) is 6.35. The van der Waals surface area contributed by atoms with Crippen molar-refractivity contribution in [3.05, 3.63) is 75.9 Å². The number of carbonyl (C=O) groups excluding carboxylic acids is 2. The number of imidazole rings is 1. The van der Waals surface area contributed by atoms with E-state index in [0.717, 1.165) is 11.6 Å². The average Bonchev–Trinajstić information content (AvgIpc) is 3.12. The lowest BCUT2D eigenvalue weighted by atomic mass is 10.0. The summed E-state index contributed by atoms with van der Waals surface area (Å²) in [7, 11) is 2.38. The highest BCUT2D eigenvalue weighted by molar-refractivity contribution is 6.31. The average molecular weight is 473 g/mol. The highest BCUT2D eigenvalue weighted by Crippen LogP contribution is 2.32. The van der Waals surface area contributed by atoms with Crippen LogP contribution in [0.1, 0.15) is 11.3 Å². The maximum absolute atomic E-state index is 12.6. The number of ether oxygens (including phenoxy) is 2. The zero-order valence-electron chi connectivity index (χ0n) is 17.1. The van der Waals surface area contributed by atoms with Crippen molar-refractivity contribution in [2.24, 2.45) is 5.10 Å². The Balaban J connectivity index is 2.25. The zero-order chi connectivity index (χ0) is 23.3. The molecule has 0 aliphatic heterocycles. The third-order valence-electron chi connectivity index (χ3n) is 4.31. The number of halogens is 2. The Morgan fingerprint density at radius 3 is 2.16 bits per heavy atom. The summed E-state index contributed by atoms with van der Waals surface area (Å²) in [5, 5.41) is 5.46. The Kier molecular flexibility index (Phi) is 7.29. The van der Waals surface area contributed by atoms with Gasteiger partial charge < -0.3 is 15.2 Å². The fourth-order valence-electron chi connectivity index (χ4n) is 2.78. The van der Waals surface area contributed by atoms with E-state index >= 15 is 0 Å². The largest absolute Gasteiger partial charge is 0.466 e. The minimum Gasteiger partial charge on any atom is -0.466 e. The highest BCUT2D eigenvalue weighted by Gasteiger charge is 2.26. The van der Waals surface area contributed by atoms with E-state index in [4.69, 9.17) is 38.4 Å². The molecule has 1 aromatic heterocycles. The molecule has 2 aromatic carbocycles. The van der Waals surface area contributed by atoms with Gasteiger partial charge >= 0.3 is 11.9 Å². The van der Waals surface area contributed by atoms with E-state index in [1.54, 1.807) is 48.5 Å². The third-order valence-corrected chi connectivity index (χ3v) is 4.82. The van der Waals surface area contributed by atoms with Crippen molar-refractivity contribution >= 4 is 52.9 Å². The molecule has 164 valence electrons. The molecular formula is C22H18Cl2N4O4. The second kappa shape index (κ2) is 10.1. The standard InChI is InChI=1S/C22H18Cl2N4O4/c1-31-18(29)11-17(21(30)32-2)20-19(14-5-9-16(24)10-6-14)27-22(25)28(20)26-12-13-3-7-15(23)8-4-13/h3-12H,1-2H3,(H2,25,27)/b17-11-,26-12+. The van der Waals surface area contributed by atoms with E-state index in [1.807, 2.05) is 0 Å². The first-order valence-electron chi connectivity index (χ1n) is 9.16. The number of methoxy groups -OCH3 is 2. The van der Waals surface area contributed by atoms with Gasteiger partial charge in [-0.05, 0) is 29.8 Å². The topological polar surface area (TPSA) is 109 Å². The molecule has 10 heteroatoms. The van der Waals surface area contributed by atoms with Crippen LogP contribution in [0.2, 0.25) is 10.0 Å². The summed E-state index contributed by atoms with van der Waals surface area (Å²) in [6.07, 6.45) is 2.51. The molecular weight excluding hydrogens is 455 g/mol. The molecule has 0 amide bonds. The van der Waals surface area contributed by atoms with Crippen LogP contribution in [0.4, 0.5) is 5.95 Å². The molecule has 0 aliphatic carbocycles. The van der Waals surface area contributed by atoms with Gasteiger partial charge in [-0.2, -0.15) is 9.78 Å². The second-order valence-corrected chi connectivity index (χ2v) is 7.23. The highest BCUT2D eigenvalue weighted by atomic mass is 35.5. The lowest BCUT2D eigenvalue weighted by molar-refractivity contribution is -0.136. The quantitative estimate of drug-likeness (QED) is 0.329. The van der Waals surface area contributed by atoms with Gasteiger partial charge in [0.1, 0.15) is 11.4 Å². The van der Waals surface area contributed by atoms with Crippen LogP contribution < -0.4 is 5.73 Å². The molecule has 0 saturated carbocycles. The number of nitrogens with two attached hydrogens (primary N) is 1. The minimum absolute atomic E-state index is 0.0187. The summed E-state index contributed by atoms with van der Waals surface area (Å²) < 4.78 is 10.8. The normalized spacial score (nSPS) is 11.6. The van der Waals surface area contributed by atoms with Crippen molar-refractivity contribution in [2.75, 3.05) is 20.0 Å². The Labute approximate surface area is 193 Å². The smallest absolute Gasteiger partial charge is 0.340 e. The molecule has 0 unspecified atom stereocenters. The first-order valence-corrected chi connectivity index (χ1v) is 9.92. The van der Waals surface area contributed by atoms with Gasteiger partial charge in [0, 0.05) is 21.7 Å². The summed E-state index contributed by atoms with van der Waals surface area (Å²) in [6, 6.07) is 13.6. The summed E-state index contributed by atoms with van der Waals surface area (Å²) in [5.41, 5.74) is 7.76. The van der Waals surface area contributed by atoms with Gasteiger partial charge in [0.2, 0.25) is 5.95 Å². The first-order chi connectivity index (χ1) is 15.3. The van der Waals surface area contributed by atoms with E-state index in [0.29, 0.717) is 21.3 Å². The van der Waals surface area contributed by atoms with Crippen molar-refractivity contribution < 1.29 is 19.1 Å². The fourth-order valence-corrected chi connectivity index (χ4v) is 3.03. The lowest BCUT2D eigenvalue weighted by Crippen LogP contribution is -2.12. The van der Waals surface area contributed by atoms with Gasteiger partial charge in [-0.15, -0.1) is 0 Å². The van der Waals surface area contributed by atoms with Crippen LogP contribution in [0.15, 0.2) is 59.7 Å². The van der Waals surface area contributed by atoms with Crippen LogP contribution in [0, 0.1) is 0 Å². The lowest BCUT2D eigenvalue weighted by Gasteiger charge is -2.10. The number of hydrogen-bond acceptors (Lipinski definition) is 7. The molecule has 0 atom stereocenters. The van der Waals surface area contributed by atoms with E-state index in [-0.39, 0.29) is 17.2 Å². The van der Waals surface area contributed by atoms with E-state index in [2.05, 4.69) is 10.1 Å². The van der Waals surface area contributed by atoms with Gasteiger partial charge in [-0.1, -0.05) is 47.5 Å². The van der Waals surface area contributed by atoms with E-state index in [1.165, 1.54) is 25.1 Å². The monoisotopic (exact) mass is 472 g/mol.